The molecule has 9 heteroatoms. The summed E-state index contributed by atoms with van der Waals surface area (Å²) in [7, 11) is 1.49. The Bertz CT molecular complexity index is 934. The smallest absolute Gasteiger partial charge is 0.294 e. The lowest BCUT2D eigenvalue weighted by Crippen LogP contribution is -2.44. The zero-order valence-electron chi connectivity index (χ0n) is 16.5. The third kappa shape index (κ3) is 4.99. The Morgan fingerprint density at radius 2 is 2.03 bits per heavy atom. The molecule has 2 fully saturated rings. The molecule has 7 nitrogen and oxygen atoms in total. The first kappa shape index (κ1) is 22.2. The van der Waals surface area contributed by atoms with Crippen molar-refractivity contribution in [3.05, 3.63) is 27.1 Å². The minimum Gasteiger partial charge on any atom is -0.493 e. The Hall–Kier alpha value is -2.44. The third-order valence-corrected chi connectivity index (χ3v) is 6.10. The maximum absolute atomic E-state index is 12.8. The normalized spacial score (nSPS) is 18.0. The highest BCUT2D eigenvalue weighted by atomic mass is 79.9. The van der Waals surface area contributed by atoms with E-state index in [2.05, 4.69) is 21.9 Å². The number of thioether (sulfide) groups is 1. The Balaban J connectivity index is 1.84. The number of imide groups is 1. The Morgan fingerprint density at radius 3 is 2.70 bits per heavy atom. The molecule has 1 aromatic rings. The van der Waals surface area contributed by atoms with Gasteiger partial charge in [-0.2, -0.15) is 0 Å². The van der Waals surface area contributed by atoms with E-state index >= 15 is 0 Å². The molecule has 3 amide bonds. The van der Waals surface area contributed by atoms with Crippen LogP contribution in [0.2, 0.25) is 0 Å². The predicted octanol–water partition coefficient (Wildman–Crippen LogP) is 3.52. The highest BCUT2D eigenvalue weighted by Crippen LogP contribution is 2.39. The number of rotatable bonds is 6. The molecule has 30 heavy (non-hydrogen) atoms. The van der Waals surface area contributed by atoms with Crippen molar-refractivity contribution in [1.29, 1.82) is 0 Å². The van der Waals surface area contributed by atoms with Gasteiger partial charge in [-0.15, -0.1) is 6.42 Å². The number of terminal acetylenes is 1. The first-order valence-electron chi connectivity index (χ1n) is 9.41. The van der Waals surface area contributed by atoms with Gasteiger partial charge in [-0.05, 0) is 49.2 Å². The standard InChI is InChI=1S/C21H21BrN2O5S/c1-3-9-29-19-14(10-15(22)12-16(19)28-2)11-17-20(26)24(21(27)30-17)13-18(25)23-7-5-4-6-8-23/h1,10-12H,4-9,13H2,2H3/b17-11-. The van der Waals surface area contributed by atoms with Crippen LogP contribution in [0.15, 0.2) is 21.5 Å². The van der Waals surface area contributed by atoms with Crippen LogP contribution >= 0.6 is 27.7 Å². The van der Waals surface area contributed by atoms with Crippen molar-refractivity contribution in [3.8, 4) is 23.8 Å². The van der Waals surface area contributed by atoms with Crippen molar-refractivity contribution in [1.82, 2.24) is 9.80 Å². The number of benzene rings is 1. The van der Waals surface area contributed by atoms with Gasteiger partial charge in [0.25, 0.3) is 11.1 Å². The maximum atomic E-state index is 12.8. The van der Waals surface area contributed by atoms with Crippen LogP contribution in [-0.4, -0.2) is 60.2 Å². The van der Waals surface area contributed by atoms with E-state index in [1.165, 1.54) is 7.11 Å². The van der Waals surface area contributed by atoms with Crippen LogP contribution in [0, 0.1) is 12.3 Å². The number of carbonyl (C=O) groups excluding carboxylic acids is 3. The number of piperidine rings is 1. The van der Waals surface area contributed by atoms with Crippen LogP contribution in [0.5, 0.6) is 11.5 Å². The van der Waals surface area contributed by atoms with Gasteiger partial charge >= 0.3 is 0 Å². The number of hydrogen-bond donors (Lipinski definition) is 0. The highest BCUT2D eigenvalue weighted by Gasteiger charge is 2.37. The molecular weight excluding hydrogens is 472 g/mol. The van der Waals surface area contributed by atoms with Gasteiger partial charge in [-0.1, -0.05) is 21.9 Å². The highest BCUT2D eigenvalue weighted by molar-refractivity contribution is 9.10. The van der Waals surface area contributed by atoms with E-state index in [4.69, 9.17) is 15.9 Å². The molecule has 0 aromatic heterocycles. The first-order chi connectivity index (χ1) is 14.4. The number of methoxy groups -OCH3 is 1. The van der Waals surface area contributed by atoms with Crippen molar-refractivity contribution in [2.45, 2.75) is 19.3 Å². The molecule has 0 bridgehead atoms. The summed E-state index contributed by atoms with van der Waals surface area (Å²) in [5.41, 5.74) is 0.532. The van der Waals surface area contributed by atoms with Gasteiger partial charge in [-0.25, -0.2) is 0 Å². The molecule has 2 heterocycles. The van der Waals surface area contributed by atoms with Crippen molar-refractivity contribution in [2.24, 2.45) is 0 Å². The molecule has 0 saturated carbocycles. The fraction of sp³-hybridized carbons (Fsp3) is 0.381. The zero-order valence-corrected chi connectivity index (χ0v) is 18.9. The molecule has 0 radical (unpaired) electrons. The second kappa shape index (κ2) is 10.0. The van der Waals surface area contributed by atoms with Gasteiger partial charge < -0.3 is 14.4 Å². The third-order valence-electron chi connectivity index (χ3n) is 4.73. The number of nitrogens with zero attached hydrogens (tertiary/aromatic N) is 2. The Labute approximate surface area is 187 Å². The minimum atomic E-state index is -0.503. The monoisotopic (exact) mass is 492 g/mol. The summed E-state index contributed by atoms with van der Waals surface area (Å²) >= 11 is 4.19. The predicted molar refractivity (Wildman–Crippen MR) is 118 cm³/mol. The minimum absolute atomic E-state index is 0.0185. The summed E-state index contributed by atoms with van der Waals surface area (Å²) in [6.45, 7) is 1.10. The summed E-state index contributed by atoms with van der Waals surface area (Å²) in [5.74, 6) is 2.49. The van der Waals surface area contributed by atoms with Crippen molar-refractivity contribution < 1.29 is 23.9 Å². The van der Waals surface area contributed by atoms with Gasteiger partial charge in [0.1, 0.15) is 13.2 Å². The van der Waals surface area contributed by atoms with E-state index in [1.54, 1.807) is 23.1 Å². The molecule has 158 valence electrons. The van der Waals surface area contributed by atoms with E-state index in [0.29, 0.717) is 34.6 Å². The molecule has 0 spiro atoms. The summed E-state index contributed by atoms with van der Waals surface area (Å²) in [6.07, 6.45) is 9.82. The summed E-state index contributed by atoms with van der Waals surface area (Å²) < 4.78 is 11.7. The van der Waals surface area contributed by atoms with Crippen molar-refractivity contribution in [2.75, 3.05) is 33.4 Å². The maximum Gasteiger partial charge on any atom is 0.294 e. The summed E-state index contributed by atoms with van der Waals surface area (Å²) in [4.78, 5) is 40.7. The average molecular weight is 493 g/mol. The van der Waals surface area contributed by atoms with Crippen LogP contribution in [0.25, 0.3) is 6.08 Å². The molecule has 1 aromatic carbocycles. The number of ether oxygens (including phenoxy) is 2. The van der Waals surface area contributed by atoms with E-state index in [-0.39, 0.29) is 24.0 Å². The Morgan fingerprint density at radius 1 is 1.30 bits per heavy atom. The van der Waals surface area contributed by atoms with Crippen LogP contribution < -0.4 is 9.47 Å². The fourth-order valence-corrected chi connectivity index (χ4v) is 4.56. The summed E-state index contributed by atoms with van der Waals surface area (Å²) in [6, 6.07) is 3.45. The molecule has 2 aliphatic rings. The quantitative estimate of drug-likeness (QED) is 0.446. The lowest BCUT2D eigenvalue weighted by molar-refractivity contribution is -0.136. The molecular formula is C21H21BrN2O5S. The van der Waals surface area contributed by atoms with Crippen molar-refractivity contribution in [3.63, 3.8) is 0 Å². The number of carbonyl (C=O) groups is 3. The van der Waals surface area contributed by atoms with Gasteiger partial charge in [0.2, 0.25) is 5.91 Å². The van der Waals surface area contributed by atoms with E-state index in [1.807, 2.05) is 0 Å². The number of halogens is 1. The van der Waals surface area contributed by atoms with Gasteiger partial charge in [0.05, 0.1) is 12.0 Å². The second-order valence-electron chi connectivity index (χ2n) is 6.73. The van der Waals surface area contributed by atoms with Gasteiger partial charge in [0.15, 0.2) is 11.5 Å². The topological polar surface area (TPSA) is 76.2 Å². The molecule has 0 atom stereocenters. The van der Waals surface area contributed by atoms with Crippen LogP contribution in [-0.2, 0) is 9.59 Å². The van der Waals surface area contributed by atoms with Crippen LogP contribution in [0.1, 0.15) is 24.8 Å². The first-order valence-corrected chi connectivity index (χ1v) is 11.0. The number of likely N-dealkylation sites (tertiary alicyclic amines) is 1. The molecule has 3 rings (SSSR count). The molecule has 0 aliphatic carbocycles. The SMILES string of the molecule is C#CCOc1c(/C=C2\SC(=O)N(CC(=O)N3CCCCC3)C2=O)cc(Br)cc1OC. The zero-order chi connectivity index (χ0) is 21.7. The average Bonchev–Trinajstić information content (AvgIpc) is 3.00. The number of hydrogen-bond acceptors (Lipinski definition) is 6. The van der Waals surface area contributed by atoms with E-state index in [9.17, 15) is 14.4 Å². The van der Waals surface area contributed by atoms with Gasteiger partial charge in [0, 0.05) is 23.1 Å². The lowest BCUT2D eigenvalue weighted by Gasteiger charge is -2.27. The van der Waals surface area contributed by atoms with Crippen LogP contribution in [0.4, 0.5) is 4.79 Å². The fourth-order valence-electron chi connectivity index (χ4n) is 3.27. The lowest BCUT2D eigenvalue weighted by atomic mass is 10.1. The number of amides is 3. The molecule has 2 aliphatic heterocycles. The Kier molecular flexibility index (Phi) is 7.45. The largest absolute Gasteiger partial charge is 0.493 e. The molecule has 2 saturated heterocycles. The molecule has 0 N–H and O–H groups in total. The van der Waals surface area contributed by atoms with Crippen molar-refractivity contribution >= 4 is 50.8 Å². The van der Waals surface area contributed by atoms with E-state index in [0.717, 1.165) is 35.9 Å². The molecule has 0 unspecified atom stereocenters. The second-order valence-corrected chi connectivity index (χ2v) is 8.64. The summed E-state index contributed by atoms with van der Waals surface area (Å²) in [5, 5.41) is -0.468. The van der Waals surface area contributed by atoms with E-state index < -0.39 is 11.1 Å². The van der Waals surface area contributed by atoms with Crippen LogP contribution in [0.3, 0.4) is 0 Å². The van der Waals surface area contributed by atoms with Gasteiger partial charge in [-0.3, -0.25) is 19.3 Å².